The van der Waals surface area contributed by atoms with Crippen molar-refractivity contribution in [2.75, 3.05) is 36.0 Å². The Morgan fingerprint density at radius 3 is 2.47 bits per heavy atom. The van der Waals surface area contributed by atoms with Crippen molar-refractivity contribution in [3.63, 3.8) is 0 Å². The Morgan fingerprint density at radius 1 is 1.07 bits per heavy atom. The van der Waals surface area contributed by atoms with Crippen molar-refractivity contribution in [1.29, 1.82) is 0 Å². The van der Waals surface area contributed by atoms with Crippen molar-refractivity contribution in [1.82, 2.24) is 9.97 Å². The number of aromatic nitrogens is 2. The molecule has 1 saturated carbocycles. The number of anilines is 2. The van der Waals surface area contributed by atoms with Gasteiger partial charge in [-0.1, -0.05) is 39.8 Å². The number of aliphatic carboxylic acids is 1. The summed E-state index contributed by atoms with van der Waals surface area (Å²) in [6.45, 7) is 13.3. The lowest BCUT2D eigenvalue weighted by Gasteiger charge is -2.36. The normalized spacial score (nSPS) is 16.3. The summed E-state index contributed by atoms with van der Waals surface area (Å²) in [5.74, 6) is 1.29. The lowest BCUT2D eigenvalue weighted by atomic mass is 9.92. The number of carbonyl (C=O) groups is 2. The van der Waals surface area contributed by atoms with Gasteiger partial charge >= 0.3 is 5.97 Å². The van der Waals surface area contributed by atoms with Crippen LogP contribution in [-0.2, 0) is 11.2 Å². The SMILES string of the molecule is CCc1ccc(C(=O)N(CC(C)(C)C)c2cccc(C)n2)c(N2CCC(COc3cc(C(CC(=O)O)C4CC4)ccn3)CC2)c1. The number of carboxylic acids is 1. The molecule has 45 heavy (non-hydrogen) atoms. The van der Waals surface area contributed by atoms with Crippen LogP contribution in [0.3, 0.4) is 0 Å². The highest BCUT2D eigenvalue weighted by Crippen LogP contribution is 2.45. The van der Waals surface area contributed by atoms with Crippen molar-refractivity contribution in [3.8, 4) is 5.88 Å². The smallest absolute Gasteiger partial charge is 0.303 e. The number of nitrogens with zero attached hydrogens (tertiary/aromatic N) is 4. The molecule has 1 aliphatic heterocycles. The molecule has 1 N–H and O–H groups in total. The molecule has 1 unspecified atom stereocenters. The van der Waals surface area contributed by atoms with Gasteiger partial charge in [0.15, 0.2) is 0 Å². The van der Waals surface area contributed by atoms with Gasteiger partial charge in [-0.15, -0.1) is 0 Å². The molecule has 3 heterocycles. The summed E-state index contributed by atoms with van der Waals surface area (Å²) in [6, 6.07) is 15.9. The Bertz CT molecular complexity index is 1490. The topological polar surface area (TPSA) is 95.9 Å². The fourth-order valence-corrected chi connectivity index (χ4v) is 6.32. The van der Waals surface area contributed by atoms with Crippen molar-refractivity contribution >= 4 is 23.4 Å². The van der Waals surface area contributed by atoms with Gasteiger partial charge in [-0.3, -0.25) is 14.5 Å². The second-order valence-electron chi connectivity index (χ2n) is 14.0. The van der Waals surface area contributed by atoms with Gasteiger partial charge in [0, 0.05) is 43.3 Å². The van der Waals surface area contributed by atoms with Crippen molar-refractivity contribution in [3.05, 3.63) is 77.1 Å². The molecule has 0 spiro atoms. The summed E-state index contributed by atoms with van der Waals surface area (Å²) >= 11 is 0. The predicted molar refractivity (Wildman–Crippen MR) is 178 cm³/mol. The van der Waals surface area contributed by atoms with Gasteiger partial charge in [0.25, 0.3) is 5.91 Å². The molecule has 1 atom stereocenters. The van der Waals surface area contributed by atoms with Crippen molar-refractivity contribution in [2.45, 2.75) is 79.1 Å². The molecule has 0 radical (unpaired) electrons. The zero-order chi connectivity index (χ0) is 32.1. The lowest BCUT2D eigenvalue weighted by molar-refractivity contribution is -0.137. The number of carbonyl (C=O) groups excluding carboxylic acids is 1. The molecule has 3 aromatic rings. The average molecular weight is 613 g/mol. The molecule has 1 aromatic carbocycles. The highest BCUT2D eigenvalue weighted by atomic mass is 16.5. The van der Waals surface area contributed by atoms with E-state index in [4.69, 9.17) is 9.72 Å². The van der Waals surface area contributed by atoms with Gasteiger partial charge in [-0.05, 0) is 104 Å². The maximum atomic E-state index is 14.3. The van der Waals surface area contributed by atoms with Gasteiger partial charge in [0.1, 0.15) is 5.82 Å². The Hall–Kier alpha value is -3.94. The zero-order valence-corrected chi connectivity index (χ0v) is 27.5. The first-order valence-electron chi connectivity index (χ1n) is 16.4. The summed E-state index contributed by atoms with van der Waals surface area (Å²) < 4.78 is 6.17. The zero-order valence-electron chi connectivity index (χ0n) is 27.5. The first-order chi connectivity index (χ1) is 21.5. The van der Waals surface area contributed by atoms with E-state index in [0.29, 0.717) is 42.2 Å². The van der Waals surface area contributed by atoms with Gasteiger partial charge in [-0.25, -0.2) is 9.97 Å². The largest absolute Gasteiger partial charge is 0.481 e. The molecular weight excluding hydrogens is 564 g/mol. The van der Waals surface area contributed by atoms with E-state index in [1.165, 1.54) is 5.56 Å². The van der Waals surface area contributed by atoms with Crippen LogP contribution in [0, 0.1) is 24.2 Å². The third-order valence-electron chi connectivity index (χ3n) is 8.92. The number of hydrogen-bond donors (Lipinski definition) is 1. The van der Waals surface area contributed by atoms with Crippen LogP contribution in [0.15, 0.2) is 54.7 Å². The Morgan fingerprint density at radius 2 is 1.82 bits per heavy atom. The van der Waals surface area contributed by atoms with E-state index in [9.17, 15) is 14.7 Å². The molecular formula is C37H48N4O4. The van der Waals surface area contributed by atoms with E-state index in [2.05, 4.69) is 49.7 Å². The second-order valence-corrected chi connectivity index (χ2v) is 14.0. The first-order valence-corrected chi connectivity index (χ1v) is 16.4. The molecule has 5 rings (SSSR count). The number of hydrogen-bond acceptors (Lipinski definition) is 6. The molecule has 0 bridgehead atoms. The van der Waals surface area contributed by atoms with Crippen molar-refractivity contribution in [2.24, 2.45) is 17.3 Å². The van der Waals surface area contributed by atoms with Crippen LogP contribution in [-0.4, -0.2) is 53.2 Å². The molecule has 8 nitrogen and oxygen atoms in total. The number of ether oxygens (including phenoxy) is 1. The molecule has 2 fully saturated rings. The van der Waals surface area contributed by atoms with E-state index in [-0.39, 0.29) is 23.7 Å². The number of aryl methyl sites for hydroxylation is 2. The minimum absolute atomic E-state index is 0.0212. The number of benzene rings is 1. The lowest BCUT2D eigenvalue weighted by Crippen LogP contribution is -2.41. The predicted octanol–water partition coefficient (Wildman–Crippen LogP) is 7.30. The van der Waals surface area contributed by atoms with Crippen LogP contribution in [0.5, 0.6) is 5.88 Å². The summed E-state index contributed by atoms with van der Waals surface area (Å²) in [5.41, 5.74) is 4.70. The number of carboxylic acid groups (broad SMARTS) is 1. The van der Waals surface area contributed by atoms with E-state index in [0.717, 1.165) is 62.1 Å². The number of amides is 1. The minimum atomic E-state index is -0.763. The molecule has 240 valence electrons. The summed E-state index contributed by atoms with van der Waals surface area (Å²) in [4.78, 5) is 39.1. The maximum absolute atomic E-state index is 14.3. The van der Waals surface area contributed by atoms with Gasteiger partial charge in [0.2, 0.25) is 5.88 Å². The van der Waals surface area contributed by atoms with E-state index >= 15 is 0 Å². The van der Waals surface area contributed by atoms with Crippen LogP contribution in [0.25, 0.3) is 0 Å². The molecule has 1 amide bonds. The summed E-state index contributed by atoms with van der Waals surface area (Å²) in [7, 11) is 0. The number of pyridine rings is 2. The quantitative estimate of drug-likeness (QED) is 0.229. The molecule has 1 aliphatic carbocycles. The van der Waals surface area contributed by atoms with Gasteiger partial charge in [0.05, 0.1) is 18.6 Å². The van der Waals surface area contributed by atoms with E-state index in [1.54, 1.807) is 6.20 Å². The van der Waals surface area contributed by atoms with Crippen LogP contribution in [0.1, 0.15) is 92.9 Å². The maximum Gasteiger partial charge on any atom is 0.303 e. The fraction of sp³-hybridized carbons (Fsp3) is 0.514. The average Bonchev–Trinajstić information content (AvgIpc) is 3.86. The number of rotatable bonds is 12. The van der Waals surface area contributed by atoms with Crippen LogP contribution in [0.2, 0.25) is 0 Å². The number of piperidine rings is 1. The first kappa shape index (κ1) is 32.5. The Balaban J connectivity index is 1.28. The molecule has 2 aromatic heterocycles. The van der Waals surface area contributed by atoms with E-state index < -0.39 is 5.97 Å². The van der Waals surface area contributed by atoms with Gasteiger partial charge in [-0.2, -0.15) is 0 Å². The summed E-state index contributed by atoms with van der Waals surface area (Å²) in [6.07, 6.45) is 6.83. The Kier molecular flexibility index (Phi) is 10.1. The van der Waals surface area contributed by atoms with Gasteiger partial charge < -0.3 is 14.7 Å². The van der Waals surface area contributed by atoms with Crippen LogP contribution < -0.4 is 14.5 Å². The second kappa shape index (κ2) is 14.0. The third kappa shape index (κ3) is 8.62. The highest BCUT2D eigenvalue weighted by molar-refractivity contribution is 6.09. The van der Waals surface area contributed by atoms with E-state index in [1.807, 2.05) is 48.2 Å². The molecule has 2 aliphatic rings. The standard InChI is InChI=1S/C37H48N4O4/c1-6-26-10-13-30(36(44)41(24-37(3,4)5)33-9-7-8-25(2)39-33)32(20-26)40-18-15-27(16-19-40)23-45-34-21-29(14-17-38-34)31(22-35(42)43)28-11-12-28/h7-10,13-14,17,20-21,27-28,31H,6,11-12,15-16,18-19,22-24H2,1-5H3,(H,42,43). The molecule has 8 heteroatoms. The van der Waals surface area contributed by atoms with Crippen LogP contribution >= 0.6 is 0 Å². The highest BCUT2D eigenvalue weighted by Gasteiger charge is 2.34. The van der Waals surface area contributed by atoms with Crippen molar-refractivity contribution < 1.29 is 19.4 Å². The minimum Gasteiger partial charge on any atom is -0.481 e. The Labute approximate surface area is 267 Å². The third-order valence-corrected chi connectivity index (χ3v) is 8.92. The molecule has 1 saturated heterocycles. The fourth-order valence-electron chi connectivity index (χ4n) is 6.32. The van der Waals surface area contributed by atoms with Crippen LogP contribution in [0.4, 0.5) is 11.5 Å². The summed E-state index contributed by atoms with van der Waals surface area (Å²) in [5, 5.41) is 9.40. The monoisotopic (exact) mass is 612 g/mol.